The van der Waals surface area contributed by atoms with Gasteiger partial charge in [-0.2, -0.15) is 0 Å². The second kappa shape index (κ2) is 9.21. The standard InChI is InChI=1S/C14H31N/c1-6-9-13(4)11-15(8-3)12-14(5)10-7-2/h13-14H,6-12H2,1-5H3. The van der Waals surface area contributed by atoms with E-state index in [-0.39, 0.29) is 0 Å². The molecular weight excluding hydrogens is 182 g/mol. The van der Waals surface area contributed by atoms with E-state index in [4.69, 9.17) is 0 Å². The number of hydrogen-bond acceptors (Lipinski definition) is 1. The lowest BCUT2D eigenvalue weighted by atomic mass is 10.0. The highest BCUT2D eigenvalue weighted by molar-refractivity contribution is 4.64. The van der Waals surface area contributed by atoms with Crippen molar-refractivity contribution in [2.75, 3.05) is 19.6 Å². The van der Waals surface area contributed by atoms with Gasteiger partial charge in [-0.25, -0.2) is 0 Å². The Morgan fingerprint density at radius 3 is 1.47 bits per heavy atom. The Morgan fingerprint density at radius 1 is 0.800 bits per heavy atom. The molecule has 0 spiro atoms. The first-order valence-corrected chi connectivity index (χ1v) is 6.86. The average molecular weight is 213 g/mol. The van der Waals surface area contributed by atoms with Gasteiger partial charge in [0.15, 0.2) is 0 Å². The Labute approximate surface area is 97.2 Å². The van der Waals surface area contributed by atoms with E-state index in [1.165, 1.54) is 45.3 Å². The van der Waals surface area contributed by atoms with E-state index in [1.807, 2.05) is 0 Å². The summed E-state index contributed by atoms with van der Waals surface area (Å²) in [6.45, 7) is 15.4. The summed E-state index contributed by atoms with van der Waals surface area (Å²) < 4.78 is 0. The maximum atomic E-state index is 2.63. The second-order valence-electron chi connectivity index (χ2n) is 5.14. The molecule has 2 atom stereocenters. The lowest BCUT2D eigenvalue weighted by Crippen LogP contribution is -2.32. The highest BCUT2D eigenvalue weighted by Crippen LogP contribution is 2.11. The van der Waals surface area contributed by atoms with Crippen molar-refractivity contribution in [3.63, 3.8) is 0 Å². The number of nitrogens with zero attached hydrogens (tertiary/aromatic N) is 1. The second-order valence-corrected chi connectivity index (χ2v) is 5.14. The monoisotopic (exact) mass is 213 g/mol. The van der Waals surface area contributed by atoms with Crippen molar-refractivity contribution in [2.45, 2.75) is 60.3 Å². The zero-order valence-corrected chi connectivity index (χ0v) is 11.6. The molecule has 0 aliphatic carbocycles. The van der Waals surface area contributed by atoms with Gasteiger partial charge < -0.3 is 4.90 Å². The van der Waals surface area contributed by atoms with E-state index >= 15 is 0 Å². The third-order valence-electron chi connectivity index (χ3n) is 3.15. The molecule has 0 aliphatic heterocycles. The van der Waals surface area contributed by atoms with Gasteiger partial charge in [-0.1, -0.05) is 47.5 Å². The molecule has 0 amide bonds. The minimum Gasteiger partial charge on any atom is -0.303 e. The van der Waals surface area contributed by atoms with Gasteiger partial charge in [-0.05, 0) is 31.2 Å². The maximum Gasteiger partial charge on any atom is 0.000701 e. The van der Waals surface area contributed by atoms with Crippen molar-refractivity contribution >= 4 is 0 Å². The Bertz CT molecular complexity index is 119. The van der Waals surface area contributed by atoms with E-state index < -0.39 is 0 Å². The molecule has 92 valence electrons. The molecule has 0 rings (SSSR count). The van der Waals surface area contributed by atoms with Crippen LogP contribution in [0.5, 0.6) is 0 Å². The van der Waals surface area contributed by atoms with Gasteiger partial charge in [0.25, 0.3) is 0 Å². The normalized spacial score (nSPS) is 15.6. The topological polar surface area (TPSA) is 3.24 Å². The zero-order valence-electron chi connectivity index (χ0n) is 11.6. The van der Waals surface area contributed by atoms with Crippen LogP contribution in [0.1, 0.15) is 60.3 Å². The number of rotatable bonds is 9. The fraction of sp³-hybridized carbons (Fsp3) is 1.00. The van der Waals surface area contributed by atoms with E-state index in [1.54, 1.807) is 0 Å². The predicted octanol–water partition coefficient (Wildman–Crippen LogP) is 4.18. The van der Waals surface area contributed by atoms with Crippen LogP contribution in [0.15, 0.2) is 0 Å². The first-order chi connectivity index (χ1) is 7.13. The molecule has 2 unspecified atom stereocenters. The molecule has 0 aromatic carbocycles. The van der Waals surface area contributed by atoms with Crippen LogP contribution in [0.3, 0.4) is 0 Å². The van der Waals surface area contributed by atoms with Crippen LogP contribution < -0.4 is 0 Å². The summed E-state index contributed by atoms with van der Waals surface area (Å²) in [6.07, 6.45) is 5.39. The lowest BCUT2D eigenvalue weighted by Gasteiger charge is -2.27. The van der Waals surface area contributed by atoms with Gasteiger partial charge in [0, 0.05) is 13.1 Å². The molecule has 0 saturated carbocycles. The molecule has 0 aromatic rings. The van der Waals surface area contributed by atoms with Crippen molar-refractivity contribution in [1.82, 2.24) is 4.90 Å². The first-order valence-electron chi connectivity index (χ1n) is 6.86. The molecule has 0 heterocycles. The van der Waals surface area contributed by atoms with Gasteiger partial charge in [0.1, 0.15) is 0 Å². The first kappa shape index (κ1) is 15.0. The van der Waals surface area contributed by atoms with E-state index in [2.05, 4.69) is 39.5 Å². The quantitative estimate of drug-likeness (QED) is 0.555. The van der Waals surface area contributed by atoms with Gasteiger partial charge in [-0.15, -0.1) is 0 Å². The maximum absolute atomic E-state index is 2.63. The summed E-state index contributed by atoms with van der Waals surface area (Å²) in [6, 6.07) is 0. The van der Waals surface area contributed by atoms with Gasteiger partial charge in [0.05, 0.1) is 0 Å². The van der Waals surface area contributed by atoms with Gasteiger partial charge >= 0.3 is 0 Å². The summed E-state index contributed by atoms with van der Waals surface area (Å²) in [5.41, 5.74) is 0. The Hall–Kier alpha value is -0.0400. The minimum absolute atomic E-state index is 0.865. The largest absolute Gasteiger partial charge is 0.303 e. The molecule has 0 aliphatic rings. The smallest absolute Gasteiger partial charge is 0.000701 e. The number of hydrogen-bond donors (Lipinski definition) is 0. The fourth-order valence-corrected chi connectivity index (χ4v) is 2.38. The summed E-state index contributed by atoms with van der Waals surface area (Å²) in [7, 11) is 0. The van der Waals surface area contributed by atoms with Crippen LogP contribution >= 0.6 is 0 Å². The van der Waals surface area contributed by atoms with Crippen molar-refractivity contribution in [3.05, 3.63) is 0 Å². The third kappa shape index (κ3) is 7.84. The average Bonchev–Trinajstić information content (AvgIpc) is 2.17. The Kier molecular flexibility index (Phi) is 9.18. The zero-order chi connectivity index (χ0) is 11.7. The lowest BCUT2D eigenvalue weighted by molar-refractivity contribution is 0.208. The van der Waals surface area contributed by atoms with Crippen LogP contribution in [0, 0.1) is 11.8 Å². The predicted molar refractivity (Wildman–Crippen MR) is 70.3 cm³/mol. The van der Waals surface area contributed by atoms with Crippen molar-refractivity contribution in [1.29, 1.82) is 0 Å². The van der Waals surface area contributed by atoms with Crippen LogP contribution in [0.4, 0.5) is 0 Å². The van der Waals surface area contributed by atoms with E-state index in [9.17, 15) is 0 Å². The van der Waals surface area contributed by atoms with Gasteiger partial charge in [0.2, 0.25) is 0 Å². The van der Waals surface area contributed by atoms with Crippen molar-refractivity contribution in [3.8, 4) is 0 Å². The Balaban J connectivity index is 3.80. The molecule has 0 aromatic heterocycles. The molecule has 0 N–H and O–H groups in total. The fourth-order valence-electron chi connectivity index (χ4n) is 2.38. The molecule has 0 saturated heterocycles. The van der Waals surface area contributed by atoms with Crippen LogP contribution in [0.2, 0.25) is 0 Å². The molecule has 0 radical (unpaired) electrons. The summed E-state index contributed by atoms with van der Waals surface area (Å²) in [4.78, 5) is 2.63. The molecule has 0 bridgehead atoms. The molecule has 1 nitrogen and oxygen atoms in total. The van der Waals surface area contributed by atoms with Crippen molar-refractivity contribution < 1.29 is 0 Å². The van der Waals surface area contributed by atoms with Crippen LogP contribution in [-0.2, 0) is 0 Å². The molecular formula is C14H31N. The van der Waals surface area contributed by atoms with E-state index in [0.29, 0.717) is 0 Å². The Morgan fingerprint density at radius 2 is 1.20 bits per heavy atom. The van der Waals surface area contributed by atoms with E-state index in [0.717, 1.165) is 11.8 Å². The summed E-state index contributed by atoms with van der Waals surface area (Å²) in [5, 5.41) is 0. The summed E-state index contributed by atoms with van der Waals surface area (Å²) in [5.74, 6) is 1.73. The van der Waals surface area contributed by atoms with Crippen molar-refractivity contribution in [2.24, 2.45) is 11.8 Å². The molecule has 15 heavy (non-hydrogen) atoms. The third-order valence-corrected chi connectivity index (χ3v) is 3.15. The van der Waals surface area contributed by atoms with Crippen LogP contribution in [-0.4, -0.2) is 24.5 Å². The van der Waals surface area contributed by atoms with Crippen LogP contribution in [0.25, 0.3) is 0 Å². The minimum atomic E-state index is 0.865. The highest BCUT2D eigenvalue weighted by Gasteiger charge is 2.11. The van der Waals surface area contributed by atoms with Gasteiger partial charge in [-0.3, -0.25) is 0 Å². The SMILES string of the molecule is CCCC(C)CN(CC)CC(C)CCC. The highest BCUT2D eigenvalue weighted by atomic mass is 15.1. The molecule has 1 heteroatoms. The summed E-state index contributed by atoms with van der Waals surface area (Å²) >= 11 is 0. The molecule has 0 fully saturated rings.